The van der Waals surface area contributed by atoms with E-state index in [0.29, 0.717) is 17.1 Å². The molecule has 0 saturated heterocycles. The highest BCUT2D eigenvalue weighted by atomic mass is 35.5. The number of nitrogens with two attached hydrogens (primary N) is 1. The Bertz CT molecular complexity index is 421. The van der Waals surface area contributed by atoms with Gasteiger partial charge >= 0.3 is 0 Å². The predicted molar refractivity (Wildman–Crippen MR) is 77.1 cm³/mol. The Balaban J connectivity index is 2.53. The molecule has 0 unspecified atom stereocenters. The third-order valence-corrected chi connectivity index (χ3v) is 3.02. The fraction of sp³-hybridized carbons (Fsp3) is 0.462. The molecular weight excluding hydrogens is 250 g/mol. The van der Waals surface area contributed by atoms with Gasteiger partial charge in [-0.25, -0.2) is 0 Å². The van der Waals surface area contributed by atoms with Gasteiger partial charge in [-0.2, -0.15) is 0 Å². The van der Waals surface area contributed by atoms with E-state index < -0.39 is 0 Å². The summed E-state index contributed by atoms with van der Waals surface area (Å²) in [6, 6.07) is 5.40. The number of amides is 1. The molecule has 0 bridgehead atoms. The van der Waals surface area contributed by atoms with Crippen molar-refractivity contribution in [2.24, 2.45) is 0 Å². The van der Waals surface area contributed by atoms with Crippen LogP contribution in [-0.2, 0) is 4.79 Å². The van der Waals surface area contributed by atoms with E-state index in [1.807, 2.05) is 18.0 Å². The maximum atomic E-state index is 11.4. The molecule has 0 aliphatic rings. The molecule has 1 aromatic rings. The number of hydrogen-bond acceptors (Lipinski definition) is 3. The van der Waals surface area contributed by atoms with Crippen molar-refractivity contribution in [3.63, 3.8) is 0 Å². The summed E-state index contributed by atoms with van der Waals surface area (Å²) >= 11 is 5.94. The molecular formula is C13H20ClN3O. The second-order valence-electron chi connectivity index (χ2n) is 4.52. The summed E-state index contributed by atoms with van der Waals surface area (Å²) in [7, 11) is 5.48. The van der Waals surface area contributed by atoms with Crippen LogP contribution in [0.3, 0.4) is 0 Å². The molecule has 0 aliphatic heterocycles. The zero-order chi connectivity index (χ0) is 13.7. The summed E-state index contributed by atoms with van der Waals surface area (Å²) in [6.45, 7) is 0.768. The van der Waals surface area contributed by atoms with Crippen LogP contribution in [0.5, 0.6) is 0 Å². The molecule has 0 saturated carbocycles. The van der Waals surface area contributed by atoms with E-state index in [0.717, 1.165) is 18.7 Å². The number of benzene rings is 1. The Morgan fingerprint density at radius 3 is 2.61 bits per heavy atom. The van der Waals surface area contributed by atoms with Crippen LogP contribution in [0.15, 0.2) is 18.2 Å². The molecule has 0 radical (unpaired) electrons. The van der Waals surface area contributed by atoms with E-state index in [1.54, 1.807) is 31.1 Å². The number of nitrogens with zero attached hydrogens (tertiary/aromatic N) is 2. The summed E-state index contributed by atoms with van der Waals surface area (Å²) in [4.78, 5) is 15.1. The van der Waals surface area contributed by atoms with Crippen LogP contribution in [0.1, 0.15) is 12.8 Å². The van der Waals surface area contributed by atoms with Gasteiger partial charge in [0.2, 0.25) is 5.91 Å². The Hall–Kier alpha value is -1.42. The van der Waals surface area contributed by atoms with Gasteiger partial charge in [-0.05, 0) is 24.6 Å². The van der Waals surface area contributed by atoms with Crippen LogP contribution in [0.2, 0.25) is 5.02 Å². The van der Waals surface area contributed by atoms with Gasteiger partial charge in [-0.3, -0.25) is 4.79 Å². The highest BCUT2D eigenvalue weighted by Gasteiger charge is 2.08. The first kappa shape index (κ1) is 14.6. The first-order valence-corrected chi connectivity index (χ1v) is 6.26. The van der Waals surface area contributed by atoms with E-state index in [2.05, 4.69) is 0 Å². The second-order valence-corrected chi connectivity index (χ2v) is 4.95. The fourth-order valence-corrected chi connectivity index (χ4v) is 1.83. The first-order chi connectivity index (χ1) is 8.41. The van der Waals surface area contributed by atoms with E-state index in [-0.39, 0.29) is 5.91 Å². The lowest BCUT2D eigenvalue weighted by atomic mass is 10.2. The van der Waals surface area contributed by atoms with Crippen LogP contribution in [0, 0.1) is 0 Å². The van der Waals surface area contributed by atoms with Crippen molar-refractivity contribution in [2.45, 2.75) is 12.8 Å². The third-order valence-electron chi connectivity index (χ3n) is 2.79. The highest BCUT2D eigenvalue weighted by molar-refractivity contribution is 6.31. The fourth-order valence-electron chi connectivity index (χ4n) is 1.66. The quantitative estimate of drug-likeness (QED) is 0.834. The van der Waals surface area contributed by atoms with Crippen molar-refractivity contribution in [1.29, 1.82) is 0 Å². The van der Waals surface area contributed by atoms with E-state index in [4.69, 9.17) is 17.3 Å². The minimum Gasteiger partial charge on any atom is -0.397 e. The summed E-state index contributed by atoms with van der Waals surface area (Å²) in [5.74, 6) is 0.141. The van der Waals surface area contributed by atoms with Crippen molar-refractivity contribution in [3.8, 4) is 0 Å². The Morgan fingerprint density at radius 1 is 1.33 bits per heavy atom. The summed E-state index contributed by atoms with van der Waals surface area (Å²) in [6.07, 6.45) is 1.33. The van der Waals surface area contributed by atoms with Crippen molar-refractivity contribution in [1.82, 2.24) is 4.90 Å². The third kappa shape index (κ3) is 4.11. The average Bonchev–Trinajstić information content (AvgIpc) is 2.31. The molecule has 100 valence electrons. The minimum atomic E-state index is 0.141. The van der Waals surface area contributed by atoms with Gasteiger partial charge in [0, 0.05) is 39.1 Å². The lowest BCUT2D eigenvalue weighted by Gasteiger charge is -2.21. The zero-order valence-electron chi connectivity index (χ0n) is 11.1. The van der Waals surface area contributed by atoms with Gasteiger partial charge in [0.1, 0.15) is 0 Å². The average molecular weight is 270 g/mol. The maximum Gasteiger partial charge on any atom is 0.222 e. The number of carbonyl (C=O) groups is 1. The maximum absolute atomic E-state index is 11.4. The van der Waals surface area contributed by atoms with Crippen LogP contribution in [0.25, 0.3) is 0 Å². The van der Waals surface area contributed by atoms with Gasteiger partial charge in [0.05, 0.1) is 11.4 Å². The molecule has 1 aromatic carbocycles. The molecule has 0 heterocycles. The monoisotopic (exact) mass is 269 g/mol. The smallest absolute Gasteiger partial charge is 0.222 e. The normalized spacial score (nSPS) is 10.2. The molecule has 1 amide bonds. The molecule has 5 heteroatoms. The molecule has 0 atom stereocenters. The molecule has 0 spiro atoms. The highest BCUT2D eigenvalue weighted by Crippen LogP contribution is 2.26. The summed E-state index contributed by atoms with van der Waals surface area (Å²) < 4.78 is 0. The molecule has 2 N–H and O–H groups in total. The largest absolute Gasteiger partial charge is 0.397 e. The molecule has 0 fully saturated rings. The number of hydrogen-bond donors (Lipinski definition) is 1. The summed E-state index contributed by atoms with van der Waals surface area (Å²) in [5, 5.41) is 0.662. The van der Waals surface area contributed by atoms with Crippen LogP contribution in [0.4, 0.5) is 11.4 Å². The van der Waals surface area contributed by atoms with Crippen molar-refractivity contribution < 1.29 is 4.79 Å². The van der Waals surface area contributed by atoms with Gasteiger partial charge in [0.15, 0.2) is 0 Å². The predicted octanol–water partition coefficient (Wildman–Crippen LogP) is 2.23. The summed E-state index contributed by atoms with van der Waals surface area (Å²) in [5.41, 5.74) is 7.49. The molecule has 4 nitrogen and oxygen atoms in total. The Labute approximate surface area is 113 Å². The van der Waals surface area contributed by atoms with Gasteiger partial charge in [-0.1, -0.05) is 11.6 Å². The zero-order valence-corrected chi connectivity index (χ0v) is 11.9. The van der Waals surface area contributed by atoms with Crippen LogP contribution in [-0.4, -0.2) is 38.5 Å². The van der Waals surface area contributed by atoms with E-state index in [9.17, 15) is 4.79 Å². The minimum absolute atomic E-state index is 0.141. The number of anilines is 2. The second kappa shape index (κ2) is 6.50. The molecule has 18 heavy (non-hydrogen) atoms. The number of halogens is 1. The molecule has 0 aliphatic carbocycles. The van der Waals surface area contributed by atoms with Gasteiger partial charge in [0.25, 0.3) is 0 Å². The van der Waals surface area contributed by atoms with Crippen LogP contribution >= 0.6 is 11.6 Å². The Morgan fingerprint density at radius 2 is 2.00 bits per heavy atom. The van der Waals surface area contributed by atoms with Crippen molar-refractivity contribution >= 4 is 28.9 Å². The molecule has 0 aromatic heterocycles. The van der Waals surface area contributed by atoms with Crippen LogP contribution < -0.4 is 10.6 Å². The van der Waals surface area contributed by atoms with Gasteiger partial charge in [-0.15, -0.1) is 0 Å². The SMILES string of the molecule is CN(C)C(=O)CCCN(C)c1cc(Cl)ccc1N. The Kier molecular flexibility index (Phi) is 5.28. The standard InChI is InChI=1S/C13H20ClN3O/c1-16(2)13(18)5-4-8-17(3)12-9-10(14)6-7-11(12)15/h6-7,9H,4-5,8,15H2,1-3H3. The lowest BCUT2D eigenvalue weighted by Crippen LogP contribution is -2.24. The number of rotatable bonds is 5. The topological polar surface area (TPSA) is 49.6 Å². The molecule has 1 rings (SSSR count). The number of nitrogen functional groups attached to an aromatic ring is 1. The van der Waals surface area contributed by atoms with Crippen molar-refractivity contribution in [3.05, 3.63) is 23.2 Å². The first-order valence-electron chi connectivity index (χ1n) is 5.88. The lowest BCUT2D eigenvalue weighted by molar-refractivity contribution is -0.128. The van der Waals surface area contributed by atoms with Crippen molar-refractivity contribution in [2.75, 3.05) is 38.3 Å². The van der Waals surface area contributed by atoms with E-state index >= 15 is 0 Å². The van der Waals surface area contributed by atoms with Gasteiger partial charge < -0.3 is 15.5 Å². The van der Waals surface area contributed by atoms with E-state index in [1.165, 1.54) is 0 Å². The number of carbonyl (C=O) groups excluding carboxylic acids is 1.